The van der Waals surface area contributed by atoms with Crippen molar-refractivity contribution in [3.05, 3.63) is 18.3 Å². The maximum atomic E-state index is 13.4. The number of carbonyl (C=O) groups is 1. The molecule has 1 unspecified atom stereocenters. The van der Waals surface area contributed by atoms with Crippen LogP contribution < -0.4 is 0 Å². The van der Waals surface area contributed by atoms with Gasteiger partial charge in [-0.1, -0.05) is 13.8 Å². The van der Waals surface area contributed by atoms with E-state index < -0.39 is 31.9 Å². The Labute approximate surface area is 193 Å². The van der Waals surface area contributed by atoms with Crippen molar-refractivity contribution < 1.29 is 30.4 Å². The van der Waals surface area contributed by atoms with E-state index in [2.05, 4.69) is 4.98 Å². The van der Waals surface area contributed by atoms with E-state index in [-0.39, 0.29) is 67.9 Å². The summed E-state index contributed by atoms with van der Waals surface area (Å²) in [6, 6.07) is 2.37. The standard InChI is InChI=1S/C20H30F2N4O5S2/c1-3-25(4-2)32(28,29)17-7-8-18(23-14-17)33(30,31)26-11-5-6-16(15-26)19(27)24-12-9-20(21,22)10-13-24/h7-8,14,16H,3-6,9-13,15H2,1-2H3. The Morgan fingerprint density at radius 2 is 1.76 bits per heavy atom. The van der Waals surface area contributed by atoms with Crippen LogP contribution in [0.25, 0.3) is 0 Å². The van der Waals surface area contributed by atoms with Crippen LogP contribution in [0.4, 0.5) is 8.78 Å². The highest BCUT2D eigenvalue weighted by Crippen LogP contribution is 2.30. The largest absolute Gasteiger partial charge is 0.342 e. The van der Waals surface area contributed by atoms with E-state index in [0.29, 0.717) is 12.8 Å². The molecule has 3 heterocycles. The molecule has 0 aromatic carbocycles. The molecular formula is C20H30F2N4O5S2. The number of nitrogens with zero attached hydrogens (tertiary/aromatic N) is 4. The molecular weight excluding hydrogens is 478 g/mol. The van der Waals surface area contributed by atoms with Crippen LogP contribution in [0.15, 0.2) is 28.3 Å². The summed E-state index contributed by atoms with van der Waals surface area (Å²) in [6.45, 7) is 4.01. The molecule has 1 atom stereocenters. The predicted octanol–water partition coefficient (Wildman–Crippen LogP) is 1.77. The van der Waals surface area contributed by atoms with Gasteiger partial charge in [-0.05, 0) is 25.0 Å². The predicted molar refractivity (Wildman–Crippen MR) is 117 cm³/mol. The Morgan fingerprint density at radius 1 is 1.12 bits per heavy atom. The molecule has 33 heavy (non-hydrogen) atoms. The van der Waals surface area contributed by atoms with E-state index in [4.69, 9.17) is 0 Å². The van der Waals surface area contributed by atoms with Crippen molar-refractivity contribution in [1.82, 2.24) is 18.5 Å². The van der Waals surface area contributed by atoms with Gasteiger partial charge in [0.2, 0.25) is 15.9 Å². The maximum Gasteiger partial charge on any atom is 0.260 e. The molecule has 0 radical (unpaired) electrons. The molecule has 0 aliphatic carbocycles. The smallest absolute Gasteiger partial charge is 0.260 e. The number of carbonyl (C=O) groups excluding carboxylic acids is 1. The van der Waals surface area contributed by atoms with Gasteiger partial charge in [-0.25, -0.2) is 30.6 Å². The van der Waals surface area contributed by atoms with Crippen molar-refractivity contribution >= 4 is 26.0 Å². The molecule has 186 valence electrons. The fourth-order valence-electron chi connectivity index (χ4n) is 4.19. The molecule has 9 nitrogen and oxygen atoms in total. The quantitative estimate of drug-likeness (QED) is 0.556. The second-order valence-corrected chi connectivity index (χ2v) is 12.1. The van der Waals surface area contributed by atoms with Gasteiger partial charge < -0.3 is 4.90 Å². The first-order valence-electron chi connectivity index (χ1n) is 11.1. The third kappa shape index (κ3) is 5.52. The fraction of sp³-hybridized carbons (Fsp3) is 0.700. The third-order valence-corrected chi connectivity index (χ3v) is 10.0. The van der Waals surface area contributed by atoms with Crippen LogP contribution in [0, 0.1) is 5.92 Å². The molecule has 1 amide bonds. The van der Waals surface area contributed by atoms with Crippen molar-refractivity contribution in [1.29, 1.82) is 0 Å². The Morgan fingerprint density at radius 3 is 2.30 bits per heavy atom. The molecule has 1 aromatic rings. The second kappa shape index (κ2) is 9.88. The van der Waals surface area contributed by atoms with Gasteiger partial charge in [0.15, 0.2) is 5.03 Å². The van der Waals surface area contributed by atoms with E-state index in [9.17, 15) is 30.4 Å². The van der Waals surface area contributed by atoms with E-state index in [1.54, 1.807) is 13.8 Å². The maximum absolute atomic E-state index is 13.4. The molecule has 0 N–H and O–H groups in total. The lowest BCUT2D eigenvalue weighted by molar-refractivity contribution is -0.142. The molecule has 13 heteroatoms. The van der Waals surface area contributed by atoms with E-state index in [1.165, 1.54) is 19.6 Å². The summed E-state index contributed by atoms with van der Waals surface area (Å²) < 4.78 is 80.6. The lowest BCUT2D eigenvalue weighted by atomic mass is 9.96. The Balaban J connectivity index is 1.73. The minimum atomic E-state index is -4.05. The van der Waals surface area contributed by atoms with Gasteiger partial charge in [0.05, 0.1) is 5.92 Å². The van der Waals surface area contributed by atoms with Crippen molar-refractivity contribution in [2.24, 2.45) is 5.92 Å². The van der Waals surface area contributed by atoms with E-state index in [0.717, 1.165) is 12.3 Å². The highest BCUT2D eigenvalue weighted by Gasteiger charge is 2.40. The minimum Gasteiger partial charge on any atom is -0.342 e. The van der Waals surface area contributed by atoms with E-state index in [1.807, 2.05) is 0 Å². The summed E-state index contributed by atoms with van der Waals surface area (Å²) in [5.74, 6) is -3.68. The molecule has 0 spiro atoms. The average Bonchev–Trinajstić information content (AvgIpc) is 2.79. The van der Waals surface area contributed by atoms with Crippen molar-refractivity contribution in [3.63, 3.8) is 0 Å². The number of halogens is 2. The Kier molecular flexibility index (Phi) is 7.76. The zero-order valence-electron chi connectivity index (χ0n) is 18.8. The van der Waals surface area contributed by atoms with Crippen LogP contribution >= 0.6 is 0 Å². The number of amides is 1. The van der Waals surface area contributed by atoms with Crippen molar-refractivity contribution in [3.8, 4) is 0 Å². The fourth-order valence-corrected chi connectivity index (χ4v) is 7.03. The first-order chi connectivity index (χ1) is 15.4. The monoisotopic (exact) mass is 508 g/mol. The Hall–Kier alpha value is -1.70. The van der Waals surface area contributed by atoms with Gasteiger partial charge in [0, 0.05) is 58.3 Å². The topological polar surface area (TPSA) is 108 Å². The Bertz CT molecular complexity index is 1050. The summed E-state index contributed by atoms with van der Waals surface area (Å²) >= 11 is 0. The average molecular weight is 509 g/mol. The van der Waals surface area contributed by atoms with Crippen molar-refractivity contribution in [2.75, 3.05) is 39.3 Å². The van der Waals surface area contributed by atoms with Crippen LogP contribution in [0.5, 0.6) is 0 Å². The molecule has 0 bridgehead atoms. The molecule has 0 saturated carbocycles. The van der Waals surface area contributed by atoms with Crippen LogP contribution in [0.1, 0.15) is 39.5 Å². The van der Waals surface area contributed by atoms with Crippen LogP contribution in [-0.2, 0) is 24.8 Å². The normalized spacial score (nSPS) is 22.5. The number of rotatable bonds is 7. The lowest BCUT2D eigenvalue weighted by Crippen LogP contribution is -2.50. The van der Waals surface area contributed by atoms with Gasteiger partial charge in [-0.15, -0.1) is 0 Å². The van der Waals surface area contributed by atoms with Gasteiger partial charge in [-0.2, -0.15) is 8.61 Å². The molecule has 2 saturated heterocycles. The number of piperidine rings is 2. The van der Waals surface area contributed by atoms with Gasteiger partial charge in [0.25, 0.3) is 15.9 Å². The molecule has 2 aliphatic heterocycles. The highest BCUT2D eigenvalue weighted by atomic mass is 32.2. The molecule has 2 fully saturated rings. The summed E-state index contributed by atoms with van der Waals surface area (Å²) in [4.78, 5) is 18.0. The number of aromatic nitrogens is 1. The molecule has 2 aliphatic rings. The number of hydrogen-bond acceptors (Lipinski definition) is 6. The summed E-state index contributed by atoms with van der Waals surface area (Å²) in [6.07, 6.45) is 1.18. The van der Waals surface area contributed by atoms with Crippen molar-refractivity contribution in [2.45, 2.75) is 55.4 Å². The van der Waals surface area contributed by atoms with Crippen LogP contribution in [0.3, 0.4) is 0 Å². The molecule has 1 aromatic heterocycles. The van der Waals surface area contributed by atoms with Gasteiger partial charge >= 0.3 is 0 Å². The highest BCUT2D eigenvalue weighted by molar-refractivity contribution is 7.89. The number of sulfonamides is 2. The summed E-state index contributed by atoms with van der Waals surface area (Å²) in [5.41, 5.74) is 0. The van der Waals surface area contributed by atoms with Crippen LogP contribution in [0.2, 0.25) is 0 Å². The van der Waals surface area contributed by atoms with Gasteiger partial charge in [-0.3, -0.25) is 4.79 Å². The number of likely N-dealkylation sites (tertiary alicyclic amines) is 1. The zero-order chi connectivity index (χ0) is 24.4. The number of pyridine rings is 1. The van der Waals surface area contributed by atoms with Gasteiger partial charge in [0.1, 0.15) is 4.90 Å². The first kappa shape index (κ1) is 25.9. The van der Waals surface area contributed by atoms with E-state index >= 15 is 0 Å². The lowest BCUT2D eigenvalue weighted by Gasteiger charge is -2.37. The zero-order valence-corrected chi connectivity index (χ0v) is 20.4. The second-order valence-electron chi connectivity index (χ2n) is 8.30. The first-order valence-corrected chi connectivity index (χ1v) is 13.9. The number of alkyl halides is 2. The summed E-state index contributed by atoms with van der Waals surface area (Å²) in [5, 5.41) is -0.299. The number of hydrogen-bond donors (Lipinski definition) is 0. The SMILES string of the molecule is CCN(CC)S(=O)(=O)c1ccc(S(=O)(=O)N2CCCC(C(=O)N3CCC(F)(F)CC3)C2)nc1. The molecule has 3 rings (SSSR count). The minimum absolute atomic E-state index is 0.0425. The summed E-state index contributed by atoms with van der Waals surface area (Å²) in [7, 11) is -7.82. The third-order valence-electron chi connectivity index (χ3n) is 6.20. The van der Waals surface area contributed by atoms with Crippen LogP contribution in [-0.4, -0.2) is 86.4 Å².